The van der Waals surface area contributed by atoms with E-state index in [1.54, 1.807) is 17.9 Å². The average molecular weight is 532 g/mol. The molecule has 38 heavy (non-hydrogen) atoms. The Morgan fingerprint density at radius 3 is 2.42 bits per heavy atom. The van der Waals surface area contributed by atoms with Gasteiger partial charge in [0.25, 0.3) is 5.91 Å². The van der Waals surface area contributed by atoms with Crippen LogP contribution in [-0.4, -0.2) is 65.0 Å². The number of nitrogens with two attached hydrogens (primary N) is 1. The lowest BCUT2D eigenvalue weighted by molar-refractivity contribution is -0.140. The molecule has 2 aliphatic rings. The van der Waals surface area contributed by atoms with E-state index in [1.165, 1.54) is 51.3 Å². The van der Waals surface area contributed by atoms with Gasteiger partial charge < -0.3 is 19.8 Å². The van der Waals surface area contributed by atoms with E-state index >= 15 is 0 Å². The zero-order chi connectivity index (χ0) is 27.0. The van der Waals surface area contributed by atoms with E-state index in [4.69, 9.17) is 14.9 Å². The van der Waals surface area contributed by atoms with Gasteiger partial charge in [0.05, 0.1) is 13.2 Å². The molecule has 0 radical (unpaired) electrons. The number of carbonyl (C=O) groups is 1. The van der Waals surface area contributed by atoms with Crippen LogP contribution < -0.4 is 10.5 Å². The molecule has 3 aromatic rings. The first-order chi connectivity index (χ1) is 18.2. The van der Waals surface area contributed by atoms with Gasteiger partial charge in [0.2, 0.25) is 5.89 Å². The Morgan fingerprint density at radius 1 is 1.08 bits per heavy atom. The minimum atomic E-state index is -4.61. The van der Waals surface area contributed by atoms with Gasteiger partial charge in [0.15, 0.2) is 11.5 Å². The third-order valence-electron chi connectivity index (χ3n) is 7.52. The fraction of sp³-hybridized carbons (Fsp3) is 0.519. The van der Waals surface area contributed by atoms with E-state index < -0.39 is 17.9 Å². The molecule has 5 rings (SSSR count). The number of hydrogen-bond donors (Lipinski definition) is 1. The number of aromatic nitrogens is 2. The Hall–Kier alpha value is -3.18. The van der Waals surface area contributed by atoms with Gasteiger partial charge >= 0.3 is 6.18 Å². The van der Waals surface area contributed by atoms with E-state index in [0.717, 1.165) is 19.2 Å². The van der Waals surface area contributed by atoms with Crippen LogP contribution >= 0.6 is 0 Å². The number of halogens is 3. The minimum Gasteiger partial charge on any atom is -0.494 e. The normalized spacial score (nSPS) is 18.6. The van der Waals surface area contributed by atoms with E-state index in [9.17, 15) is 18.0 Å². The largest absolute Gasteiger partial charge is 0.494 e. The van der Waals surface area contributed by atoms with Gasteiger partial charge in [-0.3, -0.25) is 9.69 Å². The summed E-state index contributed by atoms with van der Waals surface area (Å²) in [6.07, 6.45) is 1.63. The Labute approximate surface area is 218 Å². The topological polar surface area (TPSA) is 97.7 Å². The molecule has 0 unspecified atom stereocenters. The summed E-state index contributed by atoms with van der Waals surface area (Å²) in [6, 6.07) is 5.33. The van der Waals surface area contributed by atoms with Crippen LogP contribution in [0.4, 0.5) is 13.2 Å². The van der Waals surface area contributed by atoms with Crippen LogP contribution in [0.5, 0.6) is 5.75 Å². The van der Waals surface area contributed by atoms with Crippen LogP contribution in [0.3, 0.4) is 0 Å². The van der Waals surface area contributed by atoms with Crippen molar-refractivity contribution in [3.05, 3.63) is 41.4 Å². The third-order valence-corrected chi connectivity index (χ3v) is 7.52. The molecule has 8 nitrogen and oxygen atoms in total. The highest BCUT2D eigenvalue weighted by Crippen LogP contribution is 2.37. The second-order valence-electron chi connectivity index (χ2n) is 10.0. The van der Waals surface area contributed by atoms with E-state index in [2.05, 4.69) is 14.9 Å². The van der Waals surface area contributed by atoms with E-state index in [-0.39, 0.29) is 34.5 Å². The van der Waals surface area contributed by atoms with Gasteiger partial charge in [-0.25, -0.2) is 9.97 Å². The van der Waals surface area contributed by atoms with Gasteiger partial charge in [-0.05, 0) is 44.0 Å². The van der Waals surface area contributed by atoms with Crippen LogP contribution in [0.25, 0.3) is 22.4 Å². The number of methoxy groups -OCH3 is 1. The number of alkyl halides is 3. The second-order valence-corrected chi connectivity index (χ2v) is 10.0. The molecular formula is C27H32F3N5O3. The van der Waals surface area contributed by atoms with Crippen molar-refractivity contribution in [3.8, 4) is 17.2 Å². The highest BCUT2D eigenvalue weighted by atomic mass is 19.4. The zero-order valence-electron chi connectivity index (χ0n) is 21.6. The standard InChI is InChI=1S/C27H32F3N5O3/c1-16(31)24-23(26(36)35-14-12-34(13-15-35)17-6-4-3-5-7-17)33-25(38-24)19-8-10-20(37-2)22-18(19)9-11-21(32-22)27(28,29)30/h8-11,16-17H,3-7,12-15,31H2,1-2H3/t16-/m0/s1. The van der Waals surface area contributed by atoms with Crippen molar-refractivity contribution in [2.75, 3.05) is 33.3 Å². The minimum absolute atomic E-state index is 0.0204. The maximum Gasteiger partial charge on any atom is 0.433 e. The maximum atomic E-state index is 13.5. The summed E-state index contributed by atoms with van der Waals surface area (Å²) in [4.78, 5) is 26.1. The van der Waals surface area contributed by atoms with Crippen LogP contribution in [0.1, 0.15) is 67.0 Å². The molecule has 2 fully saturated rings. The smallest absolute Gasteiger partial charge is 0.433 e. The average Bonchev–Trinajstić information content (AvgIpc) is 3.37. The molecule has 1 saturated carbocycles. The van der Waals surface area contributed by atoms with Gasteiger partial charge in [-0.1, -0.05) is 19.3 Å². The molecule has 1 aliphatic heterocycles. The zero-order valence-corrected chi connectivity index (χ0v) is 21.6. The summed E-state index contributed by atoms with van der Waals surface area (Å²) in [5.74, 6) is 0.256. The number of fused-ring (bicyclic) bond motifs is 1. The van der Waals surface area contributed by atoms with Crippen molar-refractivity contribution < 1.29 is 27.1 Å². The summed E-state index contributed by atoms with van der Waals surface area (Å²) in [5.41, 5.74) is 5.66. The van der Waals surface area contributed by atoms with Crippen molar-refractivity contribution in [3.63, 3.8) is 0 Å². The molecule has 1 saturated heterocycles. The summed E-state index contributed by atoms with van der Waals surface area (Å²) in [6.45, 7) is 4.50. The number of hydrogen-bond acceptors (Lipinski definition) is 7. The van der Waals surface area contributed by atoms with Crippen molar-refractivity contribution in [1.29, 1.82) is 0 Å². The second kappa shape index (κ2) is 10.5. The predicted octanol–water partition coefficient (Wildman–Crippen LogP) is 5.03. The first-order valence-electron chi connectivity index (χ1n) is 13.0. The molecule has 2 N–H and O–H groups in total. The monoisotopic (exact) mass is 531 g/mol. The Kier molecular flexibility index (Phi) is 7.32. The van der Waals surface area contributed by atoms with Crippen LogP contribution in [0.15, 0.2) is 28.7 Å². The van der Waals surface area contributed by atoms with Crippen LogP contribution in [0.2, 0.25) is 0 Å². The Morgan fingerprint density at radius 2 is 1.79 bits per heavy atom. The van der Waals surface area contributed by atoms with Crippen molar-refractivity contribution in [2.45, 2.75) is 57.3 Å². The molecular weight excluding hydrogens is 499 g/mol. The fourth-order valence-corrected chi connectivity index (χ4v) is 5.50. The summed E-state index contributed by atoms with van der Waals surface area (Å²) in [5, 5.41) is 0.356. The summed E-state index contributed by atoms with van der Waals surface area (Å²) >= 11 is 0. The number of oxazole rings is 1. The lowest BCUT2D eigenvalue weighted by atomic mass is 9.94. The van der Waals surface area contributed by atoms with Gasteiger partial charge in [0, 0.05) is 43.2 Å². The van der Waals surface area contributed by atoms with Crippen molar-refractivity contribution >= 4 is 16.8 Å². The highest BCUT2D eigenvalue weighted by Gasteiger charge is 2.34. The molecule has 1 amide bonds. The number of nitrogens with zero attached hydrogens (tertiary/aromatic N) is 4. The molecule has 2 aromatic heterocycles. The third kappa shape index (κ3) is 5.09. The first kappa shape index (κ1) is 26.4. The van der Waals surface area contributed by atoms with Gasteiger partial charge in [-0.2, -0.15) is 13.2 Å². The van der Waals surface area contributed by atoms with Gasteiger partial charge in [0.1, 0.15) is 17.0 Å². The highest BCUT2D eigenvalue weighted by molar-refractivity contribution is 5.98. The molecule has 1 aromatic carbocycles. The number of piperazine rings is 1. The van der Waals surface area contributed by atoms with Gasteiger partial charge in [-0.15, -0.1) is 0 Å². The lowest BCUT2D eigenvalue weighted by Crippen LogP contribution is -2.52. The quantitative estimate of drug-likeness (QED) is 0.493. The first-order valence-corrected chi connectivity index (χ1v) is 13.0. The molecule has 11 heteroatoms. The fourth-order valence-electron chi connectivity index (χ4n) is 5.50. The summed E-state index contributed by atoms with van der Waals surface area (Å²) < 4.78 is 51.2. The molecule has 0 spiro atoms. The Bertz CT molecular complexity index is 1310. The van der Waals surface area contributed by atoms with Crippen LogP contribution in [-0.2, 0) is 6.18 Å². The predicted molar refractivity (Wildman–Crippen MR) is 136 cm³/mol. The number of rotatable bonds is 5. The number of pyridine rings is 1. The van der Waals surface area contributed by atoms with Crippen molar-refractivity contribution in [1.82, 2.24) is 19.8 Å². The molecule has 1 aliphatic carbocycles. The Balaban J connectivity index is 1.45. The molecule has 1 atom stereocenters. The van der Waals surface area contributed by atoms with E-state index in [0.29, 0.717) is 30.1 Å². The lowest BCUT2D eigenvalue weighted by Gasteiger charge is -2.40. The SMILES string of the molecule is COc1ccc(-c2nc(C(=O)N3CCN(C4CCCCC4)CC3)c([C@H](C)N)o2)c2ccc(C(F)(F)F)nc12. The molecule has 3 heterocycles. The number of ether oxygens (including phenoxy) is 1. The number of carbonyl (C=O) groups excluding carboxylic acids is 1. The van der Waals surface area contributed by atoms with Crippen LogP contribution in [0, 0.1) is 0 Å². The van der Waals surface area contributed by atoms with Crippen molar-refractivity contribution in [2.24, 2.45) is 5.73 Å². The number of amides is 1. The summed E-state index contributed by atoms with van der Waals surface area (Å²) in [7, 11) is 1.36. The molecule has 204 valence electrons. The number of benzene rings is 1. The maximum absolute atomic E-state index is 13.5. The molecule has 0 bridgehead atoms. The van der Waals surface area contributed by atoms with E-state index in [1.807, 2.05) is 0 Å².